The first-order valence-electron chi connectivity index (χ1n) is 6.80. The number of hydrogen-bond donors (Lipinski definition) is 1. The second-order valence-electron chi connectivity index (χ2n) is 5.37. The van der Waals surface area contributed by atoms with Crippen molar-refractivity contribution in [3.05, 3.63) is 0 Å². The fraction of sp³-hybridized carbons (Fsp3) is 1.00. The molecule has 0 bridgehead atoms. The lowest BCUT2D eigenvalue weighted by atomic mass is 10.0. The molecule has 1 saturated carbocycles. The summed E-state index contributed by atoms with van der Waals surface area (Å²) >= 11 is 0. The maximum Gasteiger partial charge on any atom is 0.214 e. The smallest absolute Gasteiger partial charge is 0.214 e. The van der Waals surface area contributed by atoms with Crippen LogP contribution in [0.5, 0.6) is 0 Å². The molecule has 2 aliphatic rings. The standard InChI is InChI=1S/C12H24N2O2S/c1-2-14(9-11-3-4-11)17(15,16)10-12-5-7-13-8-6-12/h11-13H,2-10H2,1H3. The fourth-order valence-electron chi connectivity index (χ4n) is 2.48. The Balaban J connectivity index is 1.90. The van der Waals surface area contributed by atoms with Crippen molar-refractivity contribution in [2.24, 2.45) is 11.8 Å². The molecule has 0 radical (unpaired) electrons. The summed E-state index contributed by atoms with van der Waals surface area (Å²) in [5.74, 6) is 1.35. The summed E-state index contributed by atoms with van der Waals surface area (Å²) in [5, 5.41) is 3.28. The molecule has 2 rings (SSSR count). The van der Waals surface area contributed by atoms with Gasteiger partial charge in [0.05, 0.1) is 5.75 Å². The van der Waals surface area contributed by atoms with Gasteiger partial charge in [-0.1, -0.05) is 6.92 Å². The van der Waals surface area contributed by atoms with Gasteiger partial charge in [-0.15, -0.1) is 0 Å². The number of sulfonamides is 1. The monoisotopic (exact) mass is 260 g/mol. The predicted molar refractivity (Wildman–Crippen MR) is 69.4 cm³/mol. The summed E-state index contributed by atoms with van der Waals surface area (Å²) in [4.78, 5) is 0. The number of nitrogens with one attached hydrogen (secondary N) is 1. The van der Waals surface area contributed by atoms with Gasteiger partial charge in [0.25, 0.3) is 0 Å². The van der Waals surface area contributed by atoms with Crippen LogP contribution in [0.4, 0.5) is 0 Å². The molecule has 0 spiro atoms. The molecule has 0 unspecified atom stereocenters. The summed E-state index contributed by atoms with van der Waals surface area (Å²) in [6.45, 7) is 5.26. The first-order valence-corrected chi connectivity index (χ1v) is 8.41. The van der Waals surface area contributed by atoms with Crippen molar-refractivity contribution in [1.82, 2.24) is 9.62 Å². The zero-order chi connectivity index (χ0) is 12.3. The minimum atomic E-state index is -3.02. The van der Waals surface area contributed by atoms with Gasteiger partial charge in [0.15, 0.2) is 0 Å². The van der Waals surface area contributed by atoms with E-state index in [0.717, 1.165) is 32.5 Å². The summed E-state index contributed by atoms with van der Waals surface area (Å²) in [5.41, 5.74) is 0. The van der Waals surface area contributed by atoms with Crippen molar-refractivity contribution in [1.29, 1.82) is 0 Å². The molecule has 17 heavy (non-hydrogen) atoms. The van der Waals surface area contributed by atoms with E-state index in [1.165, 1.54) is 12.8 Å². The van der Waals surface area contributed by atoms with Gasteiger partial charge in [0.1, 0.15) is 0 Å². The Labute approximate surface area is 105 Å². The van der Waals surface area contributed by atoms with E-state index in [0.29, 0.717) is 24.1 Å². The Morgan fingerprint density at radius 2 is 1.76 bits per heavy atom. The van der Waals surface area contributed by atoms with E-state index >= 15 is 0 Å². The second kappa shape index (κ2) is 5.67. The molecule has 100 valence electrons. The molecule has 5 heteroatoms. The second-order valence-corrected chi connectivity index (χ2v) is 7.38. The first kappa shape index (κ1) is 13.3. The van der Waals surface area contributed by atoms with Gasteiger partial charge in [-0.3, -0.25) is 0 Å². The predicted octanol–water partition coefficient (Wildman–Crippen LogP) is 1.05. The van der Waals surface area contributed by atoms with Crippen molar-refractivity contribution >= 4 is 10.0 Å². The normalized spacial score (nSPS) is 23.2. The number of piperidine rings is 1. The van der Waals surface area contributed by atoms with Gasteiger partial charge >= 0.3 is 0 Å². The highest BCUT2D eigenvalue weighted by molar-refractivity contribution is 7.89. The van der Waals surface area contributed by atoms with Crippen LogP contribution in [0.3, 0.4) is 0 Å². The van der Waals surface area contributed by atoms with Crippen LogP contribution >= 0.6 is 0 Å². The topological polar surface area (TPSA) is 49.4 Å². The van der Waals surface area contributed by atoms with Crippen LogP contribution in [0, 0.1) is 11.8 Å². The van der Waals surface area contributed by atoms with Gasteiger partial charge in [-0.2, -0.15) is 0 Å². The molecule has 0 aromatic carbocycles. The molecular weight excluding hydrogens is 236 g/mol. The van der Waals surface area contributed by atoms with Crippen molar-refractivity contribution in [2.75, 3.05) is 31.9 Å². The highest BCUT2D eigenvalue weighted by Gasteiger charge is 2.31. The molecule has 1 N–H and O–H groups in total. The van der Waals surface area contributed by atoms with Gasteiger partial charge in [0, 0.05) is 13.1 Å². The lowest BCUT2D eigenvalue weighted by Gasteiger charge is -2.26. The Morgan fingerprint density at radius 1 is 1.12 bits per heavy atom. The fourth-order valence-corrected chi connectivity index (χ4v) is 4.45. The van der Waals surface area contributed by atoms with Crippen LogP contribution < -0.4 is 5.32 Å². The molecule has 0 aromatic rings. The van der Waals surface area contributed by atoms with Crippen molar-refractivity contribution in [3.8, 4) is 0 Å². The summed E-state index contributed by atoms with van der Waals surface area (Å²) < 4.78 is 26.3. The van der Waals surface area contributed by atoms with Crippen molar-refractivity contribution < 1.29 is 8.42 Å². The van der Waals surface area contributed by atoms with Crippen LogP contribution in [0.1, 0.15) is 32.6 Å². The largest absolute Gasteiger partial charge is 0.317 e. The summed E-state index contributed by atoms with van der Waals surface area (Å²) in [6, 6.07) is 0. The number of rotatable bonds is 6. The molecule has 1 heterocycles. The van der Waals surface area contributed by atoms with Crippen molar-refractivity contribution in [3.63, 3.8) is 0 Å². The molecule has 1 aliphatic carbocycles. The quantitative estimate of drug-likeness (QED) is 0.776. The lowest BCUT2D eigenvalue weighted by molar-refractivity contribution is 0.375. The van der Waals surface area contributed by atoms with Gasteiger partial charge in [-0.25, -0.2) is 12.7 Å². The minimum Gasteiger partial charge on any atom is -0.317 e. The Morgan fingerprint density at radius 3 is 2.29 bits per heavy atom. The molecular formula is C12H24N2O2S. The van der Waals surface area contributed by atoms with Gasteiger partial charge < -0.3 is 5.32 Å². The maximum absolute atomic E-state index is 12.3. The van der Waals surface area contributed by atoms with Gasteiger partial charge in [0.2, 0.25) is 10.0 Å². The van der Waals surface area contributed by atoms with E-state index < -0.39 is 10.0 Å². The lowest BCUT2D eigenvalue weighted by Crippen LogP contribution is -2.39. The van der Waals surface area contributed by atoms with E-state index in [9.17, 15) is 8.42 Å². The summed E-state index contributed by atoms with van der Waals surface area (Å²) in [7, 11) is -3.02. The molecule has 1 saturated heterocycles. The first-order chi connectivity index (χ1) is 8.12. The third kappa shape index (κ3) is 3.93. The number of hydrogen-bond acceptors (Lipinski definition) is 3. The van der Waals surface area contributed by atoms with Crippen LogP contribution in [-0.2, 0) is 10.0 Å². The SMILES string of the molecule is CCN(CC1CC1)S(=O)(=O)CC1CCNCC1. The third-order valence-electron chi connectivity index (χ3n) is 3.81. The molecule has 1 aliphatic heterocycles. The van der Waals surface area contributed by atoms with Gasteiger partial charge in [-0.05, 0) is 50.6 Å². The average Bonchev–Trinajstić information content (AvgIpc) is 3.10. The minimum absolute atomic E-state index is 0.356. The Kier molecular flexibility index (Phi) is 4.44. The van der Waals surface area contributed by atoms with Crippen LogP contribution in [0.2, 0.25) is 0 Å². The zero-order valence-corrected chi connectivity index (χ0v) is 11.5. The van der Waals surface area contributed by atoms with Crippen molar-refractivity contribution in [2.45, 2.75) is 32.6 Å². The summed E-state index contributed by atoms with van der Waals surface area (Å²) in [6.07, 6.45) is 4.42. The highest BCUT2D eigenvalue weighted by atomic mass is 32.2. The van der Waals surface area contributed by atoms with E-state index in [4.69, 9.17) is 0 Å². The van der Waals surface area contributed by atoms with Crippen LogP contribution in [0.25, 0.3) is 0 Å². The third-order valence-corrected chi connectivity index (χ3v) is 5.90. The van der Waals surface area contributed by atoms with Crippen LogP contribution in [-0.4, -0.2) is 44.7 Å². The average molecular weight is 260 g/mol. The number of nitrogens with zero attached hydrogens (tertiary/aromatic N) is 1. The van der Waals surface area contributed by atoms with E-state index in [2.05, 4.69) is 5.32 Å². The molecule has 0 aromatic heterocycles. The Bertz CT molecular complexity index is 332. The Hall–Kier alpha value is -0.130. The maximum atomic E-state index is 12.3. The molecule has 4 nitrogen and oxygen atoms in total. The van der Waals surface area contributed by atoms with E-state index in [-0.39, 0.29) is 0 Å². The van der Waals surface area contributed by atoms with Crippen LogP contribution in [0.15, 0.2) is 0 Å². The highest BCUT2D eigenvalue weighted by Crippen LogP contribution is 2.31. The zero-order valence-electron chi connectivity index (χ0n) is 10.7. The molecule has 0 atom stereocenters. The molecule has 0 amide bonds. The molecule has 2 fully saturated rings. The van der Waals surface area contributed by atoms with E-state index in [1.54, 1.807) is 4.31 Å². The van der Waals surface area contributed by atoms with E-state index in [1.807, 2.05) is 6.92 Å².